The fourth-order valence-corrected chi connectivity index (χ4v) is 0.788. The topological polar surface area (TPSA) is 88.2 Å². The van der Waals surface area contributed by atoms with Crippen LogP contribution in [0, 0.1) is 0 Å². The monoisotopic (exact) mass is 185 g/mol. The van der Waals surface area contributed by atoms with Crippen molar-refractivity contribution in [1.29, 1.82) is 0 Å². The molecule has 6 nitrogen and oxygen atoms in total. The second-order valence-electron chi connectivity index (χ2n) is 2.66. The Morgan fingerprint density at radius 3 is 3.15 bits per heavy atom. The quantitative estimate of drug-likeness (QED) is 0.657. The second kappa shape index (κ2) is 4.56. The minimum absolute atomic E-state index is 0.0775. The molecule has 0 saturated carbocycles. The number of carbonyl (C=O) groups excluding carboxylic acids is 1. The molecule has 1 rings (SSSR count). The molecule has 0 aliphatic rings. The van der Waals surface area contributed by atoms with Crippen LogP contribution in [-0.2, 0) is 11.3 Å². The molecule has 0 bridgehead atoms. The van der Waals surface area contributed by atoms with Gasteiger partial charge in [0.25, 0.3) is 0 Å². The summed E-state index contributed by atoms with van der Waals surface area (Å²) in [6.45, 7) is 1.75. The van der Waals surface area contributed by atoms with E-state index in [1.54, 1.807) is 6.92 Å². The SMILES string of the molecule is CC(O)CC(=O)NCc1nnco1. The zero-order chi connectivity index (χ0) is 9.68. The molecule has 1 atom stereocenters. The molecule has 0 aliphatic carbocycles. The van der Waals surface area contributed by atoms with Crippen LogP contribution in [0.5, 0.6) is 0 Å². The molecule has 1 aromatic rings. The number of aromatic nitrogens is 2. The summed E-state index contributed by atoms with van der Waals surface area (Å²) in [5.41, 5.74) is 0. The number of carbonyl (C=O) groups is 1. The van der Waals surface area contributed by atoms with E-state index >= 15 is 0 Å². The first-order valence-electron chi connectivity index (χ1n) is 3.88. The molecule has 0 radical (unpaired) electrons. The van der Waals surface area contributed by atoms with E-state index in [4.69, 9.17) is 9.52 Å². The normalized spacial score (nSPS) is 12.5. The average molecular weight is 185 g/mol. The van der Waals surface area contributed by atoms with E-state index in [0.29, 0.717) is 5.89 Å². The maximum atomic E-state index is 11.0. The molecule has 1 heterocycles. The number of amides is 1. The van der Waals surface area contributed by atoms with Crippen molar-refractivity contribution >= 4 is 5.91 Å². The highest BCUT2D eigenvalue weighted by molar-refractivity contribution is 5.76. The summed E-state index contributed by atoms with van der Waals surface area (Å²) >= 11 is 0. The molecule has 13 heavy (non-hydrogen) atoms. The zero-order valence-electron chi connectivity index (χ0n) is 7.23. The molecule has 0 aliphatic heterocycles. The van der Waals surface area contributed by atoms with Gasteiger partial charge in [0.05, 0.1) is 19.1 Å². The Balaban J connectivity index is 2.23. The van der Waals surface area contributed by atoms with E-state index in [0.717, 1.165) is 0 Å². The van der Waals surface area contributed by atoms with Gasteiger partial charge in [0.15, 0.2) is 0 Å². The molecule has 0 spiro atoms. The molecule has 1 amide bonds. The summed E-state index contributed by atoms with van der Waals surface area (Å²) in [4.78, 5) is 11.0. The number of nitrogens with one attached hydrogen (secondary N) is 1. The summed E-state index contributed by atoms with van der Waals surface area (Å²) in [5.74, 6) is 0.104. The fraction of sp³-hybridized carbons (Fsp3) is 0.571. The average Bonchev–Trinajstić information content (AvgIpc) is 2.51. The Bertz CT molecular complexity index is 258. The summed E-state index contributed by atoms with van der Waals surface area (Å²) < 4.78 is 4.79. The van der Waals surface area contributed by atoms with Crippen LogP contribution in [0.3, 0.4) is 0 Å². The van der Waals surface area contributed by atoms with E-state index in [2.05, 4.69) is 15.5 Å². The smallest absolute Gasteiger partial charge is 0.235 e. The van der Waals surface area contributed by atoms with Crippen molar-refractivity contribution in [3.05, 3.63) is 12.3 Å². The highest BCUT2D eigenvalue weighted by Gasteiger charge is 2.06. The number of nitrogens with zero attached hydrogens (tertiary/aromatic N) is 2. The van der Waals surface area contributed by atoms with Crippen LogP contribution in [-0.4, -0.2) is 27.3 Å². The first-order valence-corrected chi connectivity index (χ1v) is 3.88. The lowest BCUT2D eigenvalue weighted by Crippen LogP contribution is -2.26. The Morgan fingerprint density at radius 1 is 1.85 bits per heavy atom. The molecule has 1 unspecified atom stereocenters. The maximum absolute atomic E-state index is 11.0. The van der Waals surface area contributed by atoms with Crippen molar-refractivity contribution in [3.63, 3.8) is 0 Å². The molecular formula is C7H11N3O3. The standard InChI is InChI=1S/C7H11N3O3/c1-5(11)2-6(12)8-3-7-10-9-4-13-7/h4-5,11H,2-3H2,1H3,(H,8,12). The Kier molecular flexibility index (Phi) is 3.39. The molecule has 6 heteroatoms. The molecule has 0 saturated heterocycles. The Labute approximate surface area is 75.0 Å². The first-order chi connectivity index (χ1) is 6.18. The number of rotatable bonds is 4. The van der Waals surface area contributed by atoms with Crippen LogP contribution < -0.4 is 5.32 Å². The Morgan fingerprint density at radius 2 is 2.62 bits per heavy atom. The van der Waals surface area contributed by atoms with Gasteiger partial charge in [-0.25, -0.2) is 0 Å². The third-order valence-corrected chi connectivity index (χ3v) is 1.32. The van der Waals surface area contributed by atoms with Gasteiger partial charge in [-0.2, -0.15) is 0 Å². The third-order valence-electron chi connectivity index (χ3n) is 1.32. The second-order valence-corrected chi connectivity index (χ2v) is 2.66. The van der Waals surface area contributed by atoms with Gasteiger partial charge in [0.1, 0.15) is 0 Å². The van der Waals surface area contributed by atoms with E-state index in [9.17, 15) is 4.79 Å². The van der Waals surface area contributed by atoms with Crippen LogP contribution in [0.4, 0.5) is 0 Å². The van der Waals surface area contributed by atoms with E-state index < -0.39 is 6.10 Å². The van der Waals surface area contributed by atoms with E-state index in [-0.39, 0.29) is 18.9 Å². The maximum Gasteiger partial charge on any atom is 0.235 e. The minimum Gasteiger partial charge on any atom is -0.426 e. The van der Waals surface area contributed by atoms with Gasteiger partial charge in [0.2, 0.25) is 18.2 Å². The van der Waals surface area contributed by atoms with Gasteiger partial charge in [-0.15, -0.1) is 10.2 Å². The lowest BCUT2D eigenvalue weighted by atomic mass is 10.3. The Hall–Kier alpha value is -1.43. The van der Waals surface area contributed by atoms with Gasteiger partial charge < -0.3 is 14.8 Å². The molecule has 1 aromatic heterocycles. The minimum atomic E-state index is -0.636. The highest BCUT2D eigenvalue weighted by atomic mass is 16.4. The molecule has 0 aromatic carbocycles. The van der Waals surface area contributed by atoms with Crippen LogP contribution in [0.25, 0.3) is 0 Å². The first kappa shape index (κ1) is 9.66. The summed E-state index contributed by atoms with van der Waals surface area (Å²) in [6, 6.07) is 0. The predicted molar refractivity (Wildman–Crippen MR) is 42.4 cm³/mol. The van der Waals surface area contributed by atoms with E-state index in [1.807, 2.05) is 0 Å². The van der Waals surface area contributed by atoms with Crippen LogP contribution in [0.15, 0.2) is 10.8 Å². The third kappa shape index (κ3) is 3.66. The van der Waals surface area contributed by atoms with Crippen molar-refractivity contribution in [3.8, 4) is 0 Å². The summed E-state index contributed by atoms with van der Waals surface area (Å²) in [7, 11) is 0. The van der Waals surface area contributed by atoms with Crippen LogP contribution >= 0.6 is 0 Å². The van der Waals surface area contributed by atoms with Crippen LogP contribution in [0.1, 0.15) is 19.2 Å². The van der Waals surface area contributed by atoms with Crippen molar-refractivity contribution in [2.75, 3.05) is 0 Å². The lowest BCUT2D eigenvalue weighted by molar-refractivity contribution is -0.123. The van der Waals surface area contributed by atoms with Crippen molar-refractivity contribution < 1.29 is 14.3 Å². The van der Waals surface area contributed by atoms with E-state index in [1.165, 1.54) is 6.39 Å². The van der Waals surface area contributed by atoms with Crippen molar-refractivity contribution in [1.82, 2.24) is 15.5 Å². The van der Waals surface area contributed by atoms with Gasteiger partial charge in [-0.05, 0) is 6.92 Å². The van der Waals surface area contributed by atoms with Gasteiger partial charge >= 0.3 is 0 Å². The lowest BCUT2D eigenvalue weighted by Gasteiger charge is -2.03. The largest absolute Gasteiger partial charge is 0.426 e. The number of hydrogen-bond acceptors (Lipinski definition) is 5. The molecule has 2 N–H and O–H groups in total. The molecule has 72 valence electrons. The van der Waals surface area contributed by atoms with Crippen molar-refractivity contribution in [2.24, 2.45) is 0 Å². The predicted octanol–water partition coefficient (Wildman–Crippen LogP) is -0.543. The van der Waals surface area contributed by atoms with Crippen LogP contribution in [0.2, 0.25) is 0 Å². The van der Waals surface area contributed by atoms with Gasteiger partial charge in [-0.3, -0.25) is 4.79 Å². The summed E-state index contributed by atoms with van der Waals surface area (Å²) in [6.07, 6.45) is 0.632. The number of hydrogen-bond donors (Lipinski definition) is 2. The highest BCUT2D eigenvalue weighted by Crippen LogP contribution is 1.92. The summed E-state index contributed by atoms with van der Waals surface area (Å²) in [5, 5.41) is 18.4. The van der Waals surface area contributed by atoms with Gasteiger partial charge in [0, 0.05) is 0 Å². The molecular weight excluding hydrogens is 174 g/mol. The fourth-order valence-electron chi connectivity index (χ4n) is 0.788. The number of aliphatic hydroxyl groups is 1. The molecule has 0 fully saturated rings. The number of aliphatic hydroxyl groups excluding tert-OH is 1. The van der Waals surface area contributed by atoms with Crippen molar-refractivity contribution in [2.45, 2.75) is 26.0 Å². The van der Waals surface area contributed by atoms with Gasteiger partial charge in [-0.1, -0.05) is 0 Å². The zero-order valence-corrected chi connectivity index (χ0v) is 7.23.